The van der Waals surface area contributed by atoms with Gasteiger partial charge in [-0.05, 0) is 43.4 Å². The van der Waals surface area contributed by atoms with E-state index in [9.17, 15) is 22.8 Å². The van der Waals surface area contributed by atoms with Crippen molar-refractivity contribution in [3.63, 3.8) is 0 Å². The minimum Gasteiger partial charge on any atom is -0.482 e. The lowest BCUT2D eigenvalue weighted by atomic mass is 9.94. The number of anilines is 1. The van der Waals surface area contributed by atoms with E-state index in [1.165, 1.54) is 21.3 Å². The van der Waals surface area contributed by atoms with Gasteiger partial charge in [0.15, 0.2) is 6.61 Å². The van der Waals surface area contributed by atoms with E-state index in [0.717, 1.165) is 6.42 Å². The van der Waals surface area contributed by atoms with Gasteiger partial charge in [0.05, 0.1) is 17.2 Å². The predicted molar refractivity (Wildman–Crippen MR) is 131 cm³/mol. The van der Waals surface area contributed by atoms with Crippen molar-refractivity contribution >= 4 is 33.6 Å². The molecular formula is C24H34N4O7S. The van der Waals surface area contributed by atoms with Gasteiger partial charge < -0.3 is 19.3 Å². The molecule has 0 radical (unpaired) electrons. The molecule has 36 heavy (non-hydrogen) atoms. The minimum absolute atomic E-state index is 0.0707. The third-order valence-corrected chi connectivity index (χ3v) is 8.63. The Kier molecular flexibility index (Phi) is 7.74. The highest BCUT2D eigenvalue weighted by atomic mass is 32.2. The highest BCUT2D eigenvalue weighted by Gasteiger charge is 2.35. The highest BCUT2D eigenvalue weighted by molar-refractivity contribution is 7.89. The summed E-state index contributed by atoms with van der Waals surface area (Å²) in [5.41, 5.74) is 0.268. The molecule has 3 aliphatic heterocycles. The lowest BCUT2D eigenvalue weighted by molar-refractivity contribution is -0.133. The number of amides is 3. The van der Waals surface area contributed by atoms with Crippen LogP contribution in [0.25, 0.3) is 0 Å². The Morgan fingerprint density at radius 3 is 2.33 bits per heavy atom. The summed E-state index contributed by atoms with van der Waals surface area (Å²) in [7, 11) is -3.78. The smallest absolute Gasteiger partial charge is 0.409 e. The van der Waals surface area contributed by atoms with Crippen LogP contribution in [0.1, 0.15) is 27.2 Å². The summed E-state index contributed by atoms with van der Waals surface area (Å²) in [4.78, 5) is 42.2. The first-order valence-electron chi connectivity index (χ1n) is 12.4. The zero-order valence-corrected chi connectivity index (χ0v) is 21.8. The second kappa shape index (κ2) is 10.6. The molecule has 3 aliphatic rings. The van der Waals surface area contributed by atoms with Crippen LogP contribution in [0, 0.1) is 11.8 Å². The monoisotopic (exact) mass is 522 g/mol. The van der Waals surface area contributed by atoms with Crippen molar-refractivity contribution in [1.29, 1.82) is 0 Å². The van der Waals surface area contributed by atoms with Crippen molar-refractivity contribution in [2.45, 2.75) is 32.1 Å². The number of hydrogen-bond donors (Lipinski definition) is 0. The normalized spacial score (nSPS) is 23.2. The van der Waals surface area contributed by atoms with E-state index in [1.807, 2.05) is 13.8 Å². The number of nitrogens with zero attached hydrogens (tertiary/aromatic N) is 4. The van der Waals surface area contributed by atoms with Crippen molar-refractivity contribution in [2.24, 2.45) is 11.8 Å². The Morgan fingerprint density at radius 2 is 1.69 bits per heavy atom. The van der Waals surface area contributed by atoms with Gasteiger partial charge in [-0.3, -0.25) is 14.5 Å². The summed E-state index contributed by atoms with van der Waals surface area (Å²) >= 11 is 0. The van der Waals surface area contributed by atoms with Crippen molar-refractivity contribution in [1.82, 2.24) is 14.1 Å². The number of piperazine rings is 1. The molecule has 2 saturated heterocycles. The molecule has 0 N–H and O–H groups in total. The van der Waals surface area contributed by atoms with Crippen LogP contribution in [0.15, 0.2) is 23.1 Å². The first-order valence-corrected chi connectivity index (χ1v) is 13.8. The molecule has 12 heteroatoms. The second-order valence-corrected chi connectivity index (χ2v) is 11.7. The summed E-state index contributed by atoms with van der Waals surface area (Å²) in [6.07, 6.45) is 0.566. The molecule has 1 aromatic rings. The van der Waals surface area contributed by atoms with Crippen LogP contribution in [-0.2, 0) is 24.3 Å². The minimum atomic E-state index is -3.78. The van der Waals surface area contributed by atoms with Gasteiger partial charge in [-0.15, -0.1) is 0 Å². The van der Waals surface area contributed by atoms with Crippen molar-refractivity contribution in [3.8, 4) is 5.75 Å². The molecule has 0 unspecified atom stereocenters. The largest absolute Gasteiger partial charge is 0.482 e. The molecule has 3 amide bonds. The summed E-state index contributed by atoms with van der Waals surface area (Å²) in [6, 6.07) is 4.46. The van der Waals surface area contributed by atoms with E-state index in [-0.39, 0.29) is 48.1 Å². The van der Waals surface area contributed by atoms with Gasteiger partial charge >= 0.3 is 6.09 Å². The van der Waals surface area contributed by atoms with E-state index < -0.39 is 22.0 Å². The molecule has 1 aromatic carbocycles. The van der Waals surface area contributed by atoms with Gasteiger partial charge in [0.2, 0.25) is 15.9 Å². The summed E-state index contributed by atoms with van der Waals surface area (Å²) in [6.45, 7) is 7.84. The van der Waals surface area contributed by atoms with Gasteiger partial charge in [0.1, 0.15) is 12.3 Å². The predicted octanol–water partition coefficient (Wildman–Crippen LogP) is 1.38. The molecule has 0 spiro atoms. The lowest BCUT2D eigenvalue weighted by Gasteiger charge is -2.36. The van der Waals surface area contributed by atoms with Gasteiger partial charge in [0, 0.05) is 39.3 Å². The number of carbonyl (C=O) groups is 3. The van der Waals surface area contributed by atoms with Crippen molar-refractivity contribution in [3.05, 3.63) is 18.2 Å². The third kappa shape index (κ3) is 5.44. The molecular weight excluding hydrogens is 488 g/mol. The van der Waals surface area contributed by atoms with E-state index in [1.54, 1.807) is 22.8 Å². The second-order valence-electron chi connectivity index (χ2n) is 9.73. The number of sulfonamides is 1. The highest BCUT2D eigenvalue weighted by Crippen LogP contribution is 2.36. The summed E-state index contributed by atoms with van der Waals surface area (Å²) < 4.78 is 38.9. The first kappa shape index (κ1) is 26.2. The molecule has 4 rings (SSSR count). The molecule has 2 atom stereocenters. The molecule has 2 fully saturated rings. The first-order chi connectivity index (χ1) is 17.1. The Morgan fingerprint density at radius 1 is 1.06 bits per heavy atom. The van der Waals surface area contributed by atoms with E-state index in [0.29, 0.717) is 45.0 Å². The number of hydrogen-bond acceptors (Lipinski definition) is 7. The van der Waals surface area contributed by atoms with Crippen molar-refractivity contribution < 1.29 is 32.3 Å². The van der Waals surface area contributed by atoms with Crippen LogP contribution >= 0.6 is 0 Å². The fourth-order valence-electron chi connectivity index (χ4n) is 5.06. The van der Waals surface area contributed by atoms with Crippen LogP contribution in [-0.4, -0.2) is 99.5 Å². The maximum absolute atomic E-state index is 13.4. The SMILES string of the molecule is CCOC(=O)N1CCN(C(=O)CN2C(=O)COc3ccc(S(=O)(=O)N4C[C@H](C)C[C@H](C)C4)cc32)CC1. The number of piperidine rings is 1. The van der Waals surface area contributed by atoms with Crippen molar-refractivity contribution in [2.75, 3.05) is 63.9 Å². The van der Waals surface area contributed by atoms with Gasteiger partial charge in [-0.1, -0.05) is 13.8 Å². The quantitative estimate of drug-likeness (QED) is 0.574. The maximum Gasteiger partial charge on any atom is 0.409 e. The molecule has 3 heterocycles. The van der Waals surface area contributed by atoms with Gasteiger partial charge in [-0.2, -0.15) is 4.31 Å². The average Bonchev–Trinajstić information content (AvgIpc) is 2.85. The Bertz CT molecular complexity index is 1110. The number of rotatable bonds is 5. The van der Waals surface area contributed by atoms with Crippen LogP contribution in [0.5, 0.6) is 5.75 Å². The zero-order valence-electron chi connectivity index (χ0n) is 21.0. The van der Waals surface area contributed by atoms with Gasteiger partial charge in [-0.25, -0.2) is 13.2 Å². The van der Waals surface area contributed by atoms with Crippen LogP contribution in [0.2, 0.25) is 0 Å². The number of fused-ring (bicyclic) bond motifs is 1. The molecule has 198 valence electrons. The Hall–Kier alpha value is -2.86. The maximum atomic E-state index is 13.4. The number of carbonyl (C=O) groups excluding carboxylic acids is 3. The number of ether oxygens (including phenoxy) is 2. The zero-order chi connectivity index (χ0) is 26.0. The Balaban J connectivity index is 1.50. The summed E-state index contributed by atoms with van der Waals surface area (Å²) in [5.74, 6) is 0.158. The van der Waals surface area contributed by atoms with E-state index in [2.05, 4.69) is 0 Å². The standard InChI is InChI=1S/C24H34N4O7S/c1-4-34-24(31)26-9-7-25(8-10-26)22(29)15-28-20-12-19(5-6-21(20)35-16-23(28)30)36(32,33)27-13-17(2)11-18(3)14-27/h5-6,12,17-18H,4,7-11,13-16H2,1-3H3/t17-,18+. The van der Waals surface area contributed by atoms with Crippen LogP contribution < -0.4 is 9.64 Å². The van der Waals surface area contributed by atoms with Gasteiger partial charge in [0.25, 0.3) is 5.91 Å². The molecule has 0 aromatic heterocycles. The van der Waals surface area contributed by atoms with Crippen LogP contribution in [0.4, 0.5) is 10.5 Å². The van der Waals surface area contributed by atoms with E-state index >= 15 is 0 Å². The third-order valence-electron chi connectivity index (χ3n) is 6.80. The fourth-order valence-corrected chi connectivity index (χ4v) is 6.76. The Labute approximate surface area is 211 Å². The molecule has 0 aliphatic carbocycles. The molecule has 11 nitrogen and oxygen atoms in total. The van der Waals surface area contributed by atoms with Crippen LogP contribution in [0.3, 0.4) is 0 Å². The summed E-state index contributed by atoms with van der Waals surface area (Å²) in [5, 5.41) is 0. The van der Waals surface area contributed by atoms with E-state index in [4.69, 9.17) is 9.47 Å². The molecule has 0 bridgehead atoms. The average molecular weight is 523 g/mol. The fraction of sp³-hybridized carbons (Fsp3) is 0.625. The molecule has 0 saturated carbocycles. The lowest BCUT2D eigenvalue weighted by Crippen LogP contribution is -2.54. The number of benzene rings is 1. The topological polar surface area (TPSA) is 117 Å².